The fourth-order valence-corrected chi connectivity index (χ4v) is 2.47. The van der Waals surface area contributed by atoms with E-state index in [1.165, 1.54) is 12.1 Å². The molecule has 0 bridgehead atoms. The Morgan fingerprint density at radius 1 is 1.37 bits per heavy atom. The molecule has 0 saturated carbocycles. The monoisotopic (exact) mass is 263 g/mol. The summed E-state index contributed by atoms with van der Waals surface area (Å²) in [5.41, 5.74) is 7.87. The van der Waals surface area contributed by atoms with Crippen molar-refractivity contribution in [2.24, 2.45) is 0 Å². The lowest BCUT2D eigenvalue weighted by molar-refractivity contribution is 0.244. The van der Waals surface area contributed by atoms with E-state index in [0.29, 0.717) is 11.7 Å². The fraction of sp³-hybridized carbons (Fsp3) is 0.600. The highest BCUT2D eigenvalue weighted by Gasteiger charge is 2.24. The summed E-state index contributed by atoms with van der Waals surface area (Å²) in [4.78, 5) is 4.69. The summed E-state index contributed by atoms with van der Waals surface area (Å²) in [7, 11) is 4.29. The third kappa shape index (κ3) is 3.32. The first-order valence-corrected chi connectivity index (χ1v) is 6.95. The quantitative estimate of drug-likeness (QED) is 0.846. The van der Waals surface area contributed by atoms with Crippen LogP contribution in [0.1, 0.15) is 20.3 Å². The van der Waals surface area contributed by atoms with Crippen LogP contribution in [0.4, 0.5) is 11.4 Å². The van der Waals surface area contributed by atoms with Gasteiger partial charge in [0, 0.05) is 30.9 Å². The third-order valence-electron chi connectivity index (χ3n) is 3.62. The molecule has 0 amide bonds. The molecular formula is C15H25N3O. The van der Waals surface area contributed by atoms with Crippen molar-refractivity contribution >= 4 is 11.4 Å². The van der Waals surface area contributed by atoms with E-state index in [-0.39, 0.29) is 6.10 Å². The maximum atomic E-state index is 5.96. The number of anilines is 2. The maximum Gasteiger partial charge on any atom is 0.144 e. The summed E-state index contributed by atoms with van der Waals surface area (Å²) >= 11 is 0. The van der Waals surface area contributed by atoms with Crippen LogP contribution in [0, 0.1) is 0 Å². The number of likely N-dealkylation sites (N-methyl/N-ethyl adjacent to an activating group) is 1. The third-order valence-corrected chi connectivity index (χ3v) is 3.62. The zero-order chi connectivity index (χ0) is 14.0. The van der Waals surface area contributed by atoms with Crippen molar-refractivity contribution in [1.29, 1.82) is 0 Å². The number of nitrogens with zero attached hydrogens (tertiary/aromatic N) is 2. The predicted molar refractivity (Wildman–Crippen MR) is 80.9 cm³/mol. The van der Waals surface area contributed by atoms with Crippen LogP contribution in [0.15, 0.2) is 18.2 Å². The van der Waals surface area contributed by atoms with Crippen molar-refractivity contribution in [2.75, 3.05) is 37.8 Å². The molecule has 19 heavy (non-hydrogen) atoms. The minimum atomic E-state index is 0.144. The van der Waals surface area contributed by atoms with Gasteiger partial charge in [0.15, 0.2) is 0 Å². The van der Waals surface area contributed by atoms with Gasteiger partial charge in [0.1, 0.15) is 5.75 Å². The molecule has 2 rings (SSSR count). The zero-order valence-corrected chi connectivity index (χ0v) is 12.4. The average molecular weight is 263 g/mol. The van der Waals surface area contributed by atoms with Gasteiger partial charge in [-0.05, 0) is 46.5 Å². The van der Waals surface area contributed by atoms with E-state index in [9.17, 15) is 0 Å². The molecule has 1 atom stereocenters. The van der Waals surface area contributed by atoms with Gasteiger partial charge < -0.3 is 20.3 Å². The highest BCUT2D eigenvalue weighted by molar-refractivity contribution is 5.62. The highest BCUT2D eigenvalue weighted by atomic mass is 16.5. The molecule has 2 N–H and O–H groups in total. The van der Waals surface area contributed by atoms with Crippen LogP contribution in [-0.4, -0.2) is 44.2 Å². The van der Waals surface area contributed by atoms with Crippen molar-refractivity contribution < 1.29 is 4.74 Å². The summed E-state index contributed by atoms with van der Waals surface area (Å²) < 4.78 is 5.76. The lowest BCUT2D eigenvalue weighted by Gasteiger charge is -2.23. The minimum Gasteiger partial charge on any atom is -0.489 e. The van der Waals surface area contributed by atoms with E-state index in [1.807, 2.05) is 19.9 Å². The molecule has 1 aliphatic rings. The van der Waals surface area contributed by atoms with Crippen LogP contribution < -0.4 is 15.4 Å². The molecule has 4 heteroatoms. The number of nitrogens with two attached hydrogens (primary N) is 1. The number of benzene rings is 1. The first-order valence-electron chi connectivity index (χ1n) is 6.95. The summed E-state index contributed by atoms with van der Waals surface area (Å²) in [5.74, 6) is 0.792. The molecule has 1 fully saturated rings. The van der Waals surface area contributed by atoms with Gasteiger partial charge >= 0.3 is 0 Å². The van der Waals surface area contributed by atoms with Crippen molar-refractivity contribution in [2.45, 2.75) is 32.4 Å². The number of hydrogen-bond donors (Lipinski definition) is 1. The predicted octanol–water partition coefficient (Wildman–Crippen LogP) is 2.20. The molecule has 1 heterocycles. The molecule has 1 aliphatic heterocycles. The maximum absolute atomic E-state index is 5.96. The molecular weight excluding hydrogens is 238 g/mol. The summed E-state index contributed by atoms with van der Waals surface area (Å²) in [5, 5.41) is 0. The van der Waals surface area contributed by atoms with Crippen LogP contribution >= 0.6 is 0 Å². The van der Waals surface area contributed by atoms with E-state index in [1.54, 1.807) is 0 Å². The summed E-state index contributed by atoms with van der Waals surface area (Å²) in [6.07, 6.45) is 1.35. The molecule has 106 valence electrons. The normalized spacial score (nSPS) is 19.5. The molecule has 0 aromatic heterocycles. The topological polar surface area (TPSA) is 41.7 Å². The summed E-state index contributed by atoms with van der Waals surface area (Å²) in [6.45, 7) is 6.19. The smallest absolute Gasteiger partial charge is 0.144 e. The van der Waals surface area contributed by atoms with Gasteiger partial charge in [-0.25, -0.2) is 0 Å². The Kier molecular flexibility index (Phi) is 4.20. The van der Waals surface area contributed by atoms with Gasteiger partial charge in [0.25, 0.3) is 0 Å². The van der Waals surface area contributed by atoms with Gasteiger partial charge in [-0.3, -0.25) is 0 Å². The summed E-state index contributed by atoms with van der Waals surface area (Å²) in [6, 6.07) is 6.72. The van der Waals surface area contributed by atoms with Gasteiger partial charge in [-0.1, -0.05) is 0 Å². The standard InChI is InChI=1S/C15H25N3O/c1-11(2)19-15-9-12(5-6-14(15)16)18-8-7-13(10-18)17(3)4/h5-6,9,11,13H,7-8,10,16H2,1-4H3. The first kappa shape index (κ1) is 14.0. The Hall–Kier alpha value is -1.42. The molecule has 0 radical (unpaired) electrons. The fourth-order valence-electron chi connectivity index (χ4n) is 2.47. The Bertz CT molecular complexity index is 431. The van der Waals surface area contributed by atoms with E-state index in [0.717, 1.165) is 18.8 Å². The number of ether oxygens (including phenoxy) is 1. The Labute approximate surface area is 116 Å². The largest absolute Gasteiger partial charge is 0.489 e. The second-order valence-electron chi connectivity index (χ2n) is 5.74. The Morgan fingerprint density at radius 2 is 2.11 bits per heavy atom. The van der Waals surface area contributed by atoms with Crippen molar-refractivity contribution in [3.8, 4) is 5.75 Å². The van der Waals surface area contributed by atoms with E-state index in [2.05, 4.69) is 36.0 Å². The molecule has 4 nitrogen and oxygen atoms in total. The minimum absolute atomic E-state index is 0.144. The SMILES string of the molecule is CC(C)Oc1cc(N2CCC(N(C)C)C2)ccc1N. The van der Waals surface area contributed by atoms with E-state index < -0.39 is 0 Å². The number of nitrogen functional groups attached to an aromatic ring is 1. The molecule has 1 saturated heterocycles. The average Bonchev–Trinajstić information content (AvgIpc) is 2.81. The van der Waals surface area contributed by atoms with Crippen LogP contribution in [0.5, 0.6) is 5.75 Å². The zero-order valence-electron chi connectivity index (χ0n) is 12.4. The van der Waals surface area contributed by atoms with Crippen LogP contribution in [0.3, 0.4) is 0 Å². The van der Waals surface area contributed by atoms with Crippen molar-refractivity contribution in [3.05, 3.63) is 18.2 Å². The molecule has 1 aromatic rings. The first-order chi connectivity index (χ1) is 8.97. The van der Waals surface area contributed by atoms with E-state index >= 15 is 0 Å². The second kappa shape index (κ2) is 5.70. The highest BCUT2D eigenvalue weighted by Crippen LogP contribution is 2.30. The lowest BCUT2D eigenvalue weighted by atomic mass is 10.2. The number of hydrogen-bond acceptors (Lipinski definition) is 4. The van der Waals surface area contributed by atoms with Gasteiger partial charge in [-0.15, -0.1) is 0 Å². The van der Waals surface area contributed by atoms with Gasteiger partial charge in [-0.2, -0.15) is 0 Å². The molecule has 0 spiro atoms. The molecule has 1 unspecified atom stereocenters. The molecule has 1 aromatic carbocycles. The van der Waals surface area contributed by atoms with Crippen molar-refractivity contribution in [3.63, 3.8) is 0 Å². The van der Waals surface area contributed by atoms with Crippen LogP contribution in [0.2, 0.25) is 0 Å². The number of rotatable bonds is 4. The van der Waals surface area contributed by atoms with Gasteiger partial charge in [0.2, 0.25) is 0 Å². The Morgan fingerprint density at radius 3 is 2.68 bits per heavy atom. The van der Waals surface area contributed by atoms with Crippen LogP contribution in [0.25, 0.3) is 0 Å². The van der Waals surface area contributed by atoms with Crippen molar-refractivity contribution in [1.82, 2.24) is 4.90 Å². The second-order valence-corrected chi connectivity index (χ2v) is 5.74. The van der Waals surface area contributed by atoms with Crippen LogP contribution in [-0.2, 0) is 0 Å². The van der Waals surface area contributed by atoms with Gasteiger partial charge in [0.05, 0.1) is 11.8 Å². The lowest BCUT2D eigenvalue weighted by Crippen LogP contribution is -2.31. The molecule has 0 aliphatic carbocycles. The van der Waals surface area contributed by atoms with E-state index in [4.69, 9.17) is 10.5 Å². The Balaban J connectivity index is 2.13.